The molecule has 0 unspecified atom stereocenters. The molecule has 0 aromatic heterocycles. The normalized spacial score (nSPS) is 33.9. The molecule has 0 radical (unpaired) electrons. The van der Waals surface area contributed by atoms with E-state index in [9.17, 15) is 0 Å². The highest BCUT2D eigenvalue weighted by Crippen LogP contribution is 2.41. The van der Waals surface area contributed by atoms with E-state index in [4.69, 9.17) is 5.26 Å². The first-order valence-corrected chi connectivity index (χ1v) is 9.39. The van der Waals surface area contributed by atoms with Crippen molar-refractivity contribution in [3.63, 3.8) is 0 Å². The molecule has 0 amide bonds. The van der Waals surface area contributed by atoms with Gasteiger partial charge < -0.3 is 0 Å². The fraction of sp³-hybridized carbons (Fsp3) is 0.850. The van der Waals surface area contributed by atoms with E-state index in [1.54, 1.807) is 0 Å². The van der Waals surface area contributed by atoms with Crippen LogP contribution in [0, 0.1) is 35.0 Å². The third-order valence-electron chi connectivity index (χ3n) is 5.82. The standard InChI is InChI=1S/C20H33N/c1-2-3-4-5-6-7-17-8-12-19(13-9-17)20-14-10-18(16-21)11-15-20/h6-7,17-20H,2-5,8-15H2,1H3/b7-6+/t17-,18-,19-,20-. The van der Waals surface area contributed by atoms with Gasteiger partial charge in [0.25, 0.3) is 0 Å². The first kappa shape index (κ1) is 16.6. The minimum Gasteiger partial charge on any atom is -0.198 e. The lowest BCUT2D eigenvalue weighted by atomic mass is 9.69. The summed E-state index contributed by atoms with van der Waals surface area (Å²) >= 11 is 0. The molecule has 1 heteroatoms. The molecular weight excluding hydrogens is 254 g/mol. The Kier molecular flexibility index (Phi) is 7.34. The highest BCUT2D eigenvalue weighted by atomic mass is 14.4. The van der Waals surface area contributed by atoms with Crippen molar-refractivity contribution >= 4 is 0 Å². The van der Waals surface area contributed by atoms with Crippen LogP contribution in [0.15, 0.2) is 12.2 Å². The predicted octanol–water partition coefficient (Wildman–Crippen LogP) is 6.26. The van der Waals surface area contributed by atoms with Gasteiger partial charge in [-0.15, -0.1) is 0 Å². The number of nitrogens with zero attached hydrogens (tertiary/aromatic N) is 1. The number of rotatable bonds is 6. The van der Waals surface area contributed by atoms with Gasteiger partial charge in [0.05, 0.1) is 6.07 Å². The minimum atomic E-state index is 0.364. The summed E-state index contributed by atoms with van der Waals surface area (Å²) in [4.78, 5) is 0. The first-order valence-electron chi connectivity index (χ1n) is 9.39. The molecule has 2 rings (SSSR count). The van der Waals surface area contributed by atoms with Crippen molar-refractivity contribution in [3.8, 4) is 6.07 Å². The van der Waals surface area contributed by atoms with Crippen molar-refractivity contribution in [3.05, 3.63) is 12.2 Å². The van der Waals surface area contributed by atoms with Gasteiger partial charge in [-0.1, -0.05) is 31.9 Å². The van der Waals surface area contributed by atoms with Gasteiger partial charge >= 0.3 is 0 Å². The maximum Gasteiger partial charge on any atom is 0.0655 e. The Morgan fingerprint density at radius 1 is 0.905 bits per heavy atom. The van der Waals surface area contributed by atoms with Crippen LogP contribution in [0.5, 0.6) is 0 Å². The van der Waals surface area contributed by atoms with E-state index in [1.165, 1.54) is 77.0 Å². The topological polar surface area (TPSA) is 23.8 Å². The van der Waals surface area contributed by atoms with Crippen LogP contribution in [0.2, 0.25) is 0 Å². The third-order valence-corrected chi connectivity index (χ3v) is 5.82. The Hall–Kier alpha value is -0.770. The molecule has 1 nitrogen and oxygen atoms in total. The van der Waals surface area contributed by atoms with Gasteiger partial charge in [-0.2, -0.15) is 5.26 Å². The second kappa shape index (κ2) is 9.29. The highest BCUT2D eigenvalue weighted by molar-refractivity contribution is 4.93. The summed E-state index contributed by atoms with van der Waals surface area (Å²) in [6.45, 7) is 2.27. The van der Waals surface area contributed by atoms with E-state index >= 15 is 0 Å². The fourth-order valence-electron chi connectivity index (χ4n) is 4.33. The summed E-state index contributed by atoms with van der Waals surface area (Å²) in [6.07, 6.45) is 21.0. The lowest BCUT2D eigenvalue weighted by molar-refractivity contribution is 0.168. The summed E-state index contributed by atoms with van der Waals surface area (Å²) in [5.41, 5.74) is 0. The Balaban J connectivity index is 1.63. The number of nitriles is 1. The van der Waals surface area contributed by atoms with Crippen molar-refractivity contribution in [1.29, 1.82) is 5.26 Å². The number of unbranched alkanes of at least 4 members (excludes halogenated alkanes) is 3. The minimum absolute atomic E-state index is 0.364. The van der Waals surface area contributed by atoms with E-state index in [-0.39, 0.29) is 0 Å². The molecule has 0 atom stereocenters. The van der Waals surface area contributed by atoms with Crippen LogP contribution in [0.1, 0.15) is 84.0 Å². The van der Waals surface area contributed by atoms with Crippen molar-refractivity contribution in [2.45, 2.75) is 84.0 Å². The summed E-state index contributed by atoms with van der Waals surface area (Å²) in [5.74, 6) is 3.13. The molecule has 2 aliphatic carbocycles. The van der Waals surface area contributed by atoms with Gasteiger partial charge in [-0.3, -0.25) is 0 Å². The Morgan fingerprint density at radius 2 is 1.52 bits per heavy atom. The fourth-order valence-corrected chi connectivity index (χ4v) is 4.33. The van der Waals surface area contributed by atoms with E-state index in [0.717, 1.165) is 17.8 Å². The zero-order chi connectivity index (χ0) is 14.9. The first-order chi connectivity index (χ1) is 10.3. The molecule has 0 aromatic carbocycles. The molecule has 0 N–H and O–H groups in total. The molecule has 0 heterocycles. The number of allylic oxidation sites excluding steroid dienone is 2. The van der Waals surface area contributed by atoms with Crippen molar-refractivity contribution in [2.24, 2.45) is 23.7 Å². The van der Waals surface area contributed by atoms with E-state index in [0.29, 0.717) is 5.92 Å². The molecule has 2 saturated carbocycles. The molecule has 2 aliphatic rings. The number of hydrogen-bond donors (Lipinski definition) is 0. The van der Waals surface area contributed by atoms with Crippen molar-refractivity contribution < 1.29 is 0 Å². The predicted molar refractivity (Wildman–Crippen MR) is 89.8 cm³/mol. The second-order valence-corrected chi connectivity index (χ2v) is 7.34. The summed E-state index contributed by atoms with van der Waals surface area (Å²) in [6, 6.07) is 2.46. The average molecular weight is 287 g/mol. The molecule has 118 valence electrons. The quantitative estimate of drug-likeness (QED) is 0.418. The van der Waals surface area contributed by atoms with Crippen molar-refractivity contribution in [1.82, 2.24) is 0 Å². The molecule has 0 bridgehead atoms. The van der Waals surface area contributed by atoms with E-state index in [2.05, 4.69) is 25.1 Å². The molecule has 0 aliphatic heterocycles. The maximum absolute atomic E-state index is 9.00. The lowest BCUT2D eigenvalue weighted by Crippen LogP contribution is -2.25. The van der Waals surface area contributed by atoms with Crippen LogP contribution in [0.4, 0.5) is 0 Å². The second-order valence-electron chi connectivity index (χ2n) is 7.34. The van der Waals surface area contributed by atoms with Gasteiger partial charge in [0.2, 0.25) is 0 Å². The highest BCUT2D eigenvalue weighted by Gasteiger charge is 2.30. The molecule has 0 saturated heterocycles. The SMILES string of the molecule is CCCCC/C=C/[C@H]1CC[C@H]([C@H]2CC[C@H](C#N)CC2)CC1. The van der Waals surface area contributed by atoms with Gasteiger partial charge in [0, 0.05) is 5.92 Å². The number of hydrogen-bond acceptors (Lipinski definition) is 1. The Labute approximate surface area is 131 Å². The summed E-state index contributed by atoms with van der Waals surface area (Å²) < 4.78 is 0. The smallest absolute Gasteiger partial charge is 0.0655 e. The summed E-state index contributed by atoms with van der Waals surface area (Å²) in [7, 11) is 0. The van der Waals surface area contributed by atoms with E-state index < -0.39 is 0 Å². The van der Waals surface area contributed by atoms with Crippen LogP contribution in [-0.2, 0) is 0 Å². The van der Waals surface area contributed by atoms with Crippen LogP contribution in [0.3, 0.4) is 0 Å². The Morgan fingerprint density at radius 3 is 2.10 bits per heavy atom. The molecular formula is C20H33N. The van der Waals surface area contributed by atoms with Gasteiger partial charge in [0.1, 0.15) is 0 Å². The molecule has 21 heavy (non-hydrogen) atoms. The van der Waals surface area contributed by atoms with Crippen LogP contribution in [-0.4, -0.2) is 0 Å². The zero-order valence-corrected chi connectivity index (χ0v) is 13.9. The Bertz CT molecular complexity index is 335. The lowest BCUT2D eigenvalue weighted by Gasteiger charge is -2.36. The van der Waals surface area contributed by atoms with Crippen LogP contribution < -0.4 is 0 Å². The molecule has 0 spiro atoms. The van der Waals surface area contributed by atoms with E-state index in [1.807, 2.05) is 0 Å². The van der Waals surface area contributed by atoms with Gasteiger partial charge in [0.15, 0.2) is 0 Å². The van der Waals surface area contributed by atoms with Crippen molar-refractivity contribution in [2.75, 3.05) is 0 Å². The molecule has 2 fully saturated rings. The largest absolute Gasteiger partial charge is 0.198 e. The molecule has 0 aromatic rings. The maximum atomic E-state index is 9.00. The van der Waals surface area contributed by atoms with Crippen LogP contribution >= 0.6 is 0 Å². The third kappa shape index (κ3) is 5.50. The van der Waals surface area contributed by atoms with Gasteiger partial charge in [-0.05, 0) is 82.0 Å². The van der Waals surface area contributed by atoms with Gasteiger partial charge in [-0.25, -0.2) is 0 Å². The average Bonchev–Trinajstić information content (AvgIpc) is 2.55. The van der Waals surface area contributed by atoms with Crippen LogP contribution in [0.25, 0.3) is 0 Å². The zero-order valence-electron chi connectivity index (χ0n) is 13.9. The monoisotopic (exact) mass is 287 g/mol. The summed E-state index contributed by atoms with van der Waals surface area (Å²) in [5, 5.41) is 9.00.